The van der Waals surface area contributed by atoms with Crippen molar-refractivity contribution in [3.8, 4) is 0 Å². The largest absolute Gasteiger partial charge is 0.337 e. The molecule has 2 aromatic rings. The molecule has 2 aromatic carbocycles. The van der Waals surface area contributed by atoms with E-state index in [2.05, 4.69) is 9.71 Å². The van der Waals surface area contributed by atoms with Crippen molar-refractivity contribution in [2.45, 2.75) is 4.90 Å². The van der Waals surface area contributed by atoms with Crippen molar-refractivity contribution in [3.05, 3.63) is 59.7 Å². The Bertz CT molecular complexity index is 832. The van der Waals surface area contributed by atoms with E-state index in [0.717, 1.165) is 18.2 Å². The van der Waals surface area contributed by atoms with Crippen LogP contribution in [0.25, 0.3) is 0 Å². The number of anilines is 1. The summed E-state index contributed by atoms with van der Waals surface area (Å²) in [5.41, 5.74) is 0.159. The van der Waals surface area contributed by atoms with Gasteiger partial charge in [-0.05, 0) is 24.3 Å². The van der Waals surface area contributed by atoms with Crippen LogP contribution in [0.15, 0.2) is 51.8 Å². The summed E-state index contributed by atoms with van der Waals surface area (Å²) >= 11 is 0. The third-order valence-electron chi connectivity index (χ3n) is 2.81. The fourth-order valence-electron chi connectivity index (χ4n) is 1.92. The lowest BCUT2D eigenvalue weighted by Gasteiger charge is -2.07. The van der Waals surface area contributed by atoms with E-state index < -0.39 is 21.7 Å². The molecular weight excluding hydrogens is 286 g/mol. The Kier molecular flexibility index (Phi) is 2.79. The maximum atomic E-state index is 13.6. The molecule has 0 atom stereocenters. The second-order valence-electron chi connectivity index (χ2n) is 4.16. The molecule has 0 fully saturated rings. The fraction of sp³-hybridized carbons (Fsp3) is 0. The van der Waals surface area contributed by atoms with Crippen molar-refractivity contribution >= 4 is 21.5 Å². The molecule has 7 heteroatoms. The van der Waals surface area contributed by atoms with Gasteiger partial charge >= 0.3 is 0 Å². The topological polar surface area (TPSA) is 58.5 Å². The number of sulfonamides is 1. The summed E-state index contributed by atoms with van der Waals surface area (Å²) in [6.45, 7) is 0. The van der Waals surface area contributed by atoms with Crippen LogP contribution >= 0.6 is 0 Å². The normalized spacial score (nSPS) is 15.6. The first-order chi connectivity index (χ1) is 9.47. The van der Waals surface area contributed by atoms with Crippen LogP contribution in [0, 0.1) is 11.6 Å². The Morgan fingerprint density at radius 3 is 2.60 bits per heavy atom. The maximum absolute atomic E-state index is 13.6. The Morgan fingerprint density at radius 2 is 1.80 bits per heavy atom. The molecule has 1 aliphatic heterocycles. The summed E-state index contributed by atoms with van der Waals surface area (Å²) in [5.74, 6) is -1.36. The summed E-state index contributed by atoms with van der Waals surface area (Å²) < 4.78 is 53.8. The summed E-state index contributed by atoms with van der Waals surface area (Å²) in [6, 6.07) is 9.02. The summed E-state index contributed by atoms with van der Waals surface area (Å²) in [6.07, 6.45) is 0. The molecule has 0 spiro atoms. The first kappa shape index (κ1) is 12.7. The molecule has 4 nitrogen and oxygen atoms in total. The molecule has 0 bridgehead atoms. The SMILES string of the molecule is O=S1(=O)N=C(Nc2cc(F)ccc2F)c2ccccc21. The lowest BCUT2D eigenvalue weighted by atomic mass is 10.2. The second-order valence-corrected chi connectivity index (χ2v) is 5.73. The van der Waals surface area contributed by atoms with E-state index in [1.54, 1.807) is 18.2 Å². The highest BCUT2D eigenvalue weighted by Crippen LogP contribution is 2.27. The van der Waals surface area contributed by atoms with E-state index in [9.17, 15) is 17.2 Å². The molecule has 0 aromatic heterocycles. The monoisotopic (exact) mass is 294 g/mol. The molecule has 0 aliphatic carbocycles. The standard InChI is InChI=1S/C13H8F2N2O2S/c14-8-5-6-10(15)11(7-8)16-13-9-3-1-2-4-12(9)20(18,19)17-13/h1-7H,(H,16,17). The van der Waals surface area contributed by atoms with Crippen molar-refractivity contribution < 1.29 is 17.2 Å². The number of amidine groups is 1. The van der Waals surface area contributed by atoms with Crippen LogP contribution in [0.3, 0.4) is 0 Å². The third kappa shape index (κ3) is 2.05. The number of benzene rings is 2. The third-order valence-corrected chi connectivity index (χ3v) is 4.15. The maximum Gasteiger partial charge on any atom is 0.285 e. The van der Waals surface area contributed by atoms with E-state index in [1.165, 1.54) is 6.07 Å². The van der Waals surface area contributed by atoms with Crippen LogP contribution in [-0.2, 0) is 10.0 Å². The first-order valence-electron chi connectivity index (χ1n) is 5.64. The van der Waals surface area contributed by atoms with E-state index in [1.807, 2.05) is 0 Å². The number of hydrogen-bond acceptors (Lipinski definition) is 3. The minimum absolute atomic E-state index is 0.0231. The number of fused-ring (bicyclic) bond motifs is 1. The molecule has 1 aliphatic rings. The first-order valence-corrected chi connectivity index (χ1v) is 7.08. The summed E-state index contributed by atoms with van der Waals surface area (Å²) in [4.78, 5) is 0.0410. The predicted octanol–water partition coefficient (Wildman–Crippen LogP) is 2.53. The van der Waals surface area contributed by atoms with Crippen LogP contribution in [0.1, 0.15) is 5.56 Å². The van der Waals surface area contributed by atoms with E-state index >= 15 is 0 Å². The molecule has 1 N–H and O–H groups in total. The van der Waals surface area contributed by atoms with Gasteiger partial charge in [-0.25, -0.2) is 8.78 Å². The average molecular weight is 294 g/mol. The van der Waals surface area contributed by atoms with Gasteiger partial charge in [0.15, 0.2) is 5.84 Å². The van der Waals surface area contributed by atoms with Gasteiger partial charge < -0.3 is 5.32 Å². The Balaban J connectivity index is 2.07. The zero-order chi connectivity index (χ0) is 14.3. The summed E-state index contributed by atoms with van der Waals surface area (Å²) in [7, 11) is -3.79. The molecular formula is C13H8F2N2O2S. The number of nitrogens with zero attached hydrogens (tertiary/aromatic N) is 1. The quantitative estimate of drug-likeness (QED) is 0.879. The zero-order valence-electron chi connectivity index (χ0n) is 9.97. The minimum Gasteiger partial charge on any atom is -0.337 e. The molecule has 20 heavy (non-hydrogen) atoms. The van der Waals surface area contributed by atoms with Gasteiger partial charge in [0.05, 0.1) is 5.69 Å². The van der Waals surface area contributed by atoms with Crippen molar-refractivity contribution in [2.75, 3.05) is 5.32 Å². The van der Waals surface area contributed by atoms with Crippen molar-refractivity contribution in [3.63, 3.8) is 0 Å². The van der Waals surface area contributed by atoms with Crippen LogP contribution in [-0.4, -0.2) is 14.3 Å². The number of halogens is 2. The fourth-order valence-corrected chi connectivity index (χ4v) is 3.09. The van der Waals surface area contributed by atoms with Crippen LogP contribution in [0.2, 0.25) is 0 Å². The molecule has 0 radical (unpaired) electrons. The van der Waals surface area contributed by atoms with Gasteiger partial charge in [0.25, 0.3) is 10.0 Å². The van der Waals surface area contributed by atoms with E-state index in [4.69, 9.17) is 0 Å². The van der Waals surface area contributed by atoms with E-state index in [0.29, 0.717) is 5.56 Å². The smallest absolute Gasteiger partial charge is 0.285 e. The lowest BCUT2D eigenvalue weighted by molar-refractivity contribution is 0.599. The van der Waals surface area contributed by atoms with Crippen molar-refractivity contribution in [1.29, 1.82) is 0 Å². The van der Waals surface area contributed by atoms with Gasteiger partial charge in [0, 0.05) is 11.6 Å². The molecule has 1 heterocycles. The van der Waals surface area contributed by atoms with Gasteiger partial charge in [-0.15, -0.1) is 4.40 Å². The highest BCUT2D eigenvalue weighted by Gasteiger charge is 2.28. The van der Waals surface area contributed by atoms with Crippen LogP contribution in [0.5, 0.6) is 0 Å². The van der Waals surface area contributed by atoms with Crippen molar-refractivity contribution in [2.24, 2.45) is 4.40 Å². The highest BCUT2D eigenvalue weighted by molar-refractivity contribution is 7.90. The minimum atomic E-state index is -3.79. The number of hydrogen-bond donors (Lipinski definition) is 1. The van der Waals surface area contributed by atoms with Crippen LogP contribution < -0.4 is 5.32 Å². The molecule has 0 saturated heterocycles. The molecule has 3 rings (SSSR count). The predicted molar refractivity (Wildman–Crippen MR) is 70.1 cm³/mol. The Morgan fingerprint density at radius 1 is 1.05 bits per heavy atom. The van der Waals surface area contributed by atoms with Gasteiger partial charge in [-0.1, -0.05) is 12.1 Å². The van der Waals surface area contributed by atoms with E-state index in [-0.39, 0.29) is 16.4 Å². The molecule has 0 amide bonds. The van der Waals surface area contributed by atoms with Crippen molar-refractivity contribution in [1.82, 2.24) is 0 Å². The van der Waals surface area contributed by atoms with Gasteiger partial charge in [0.2, 0.25) is 0 Å². The summed E-state index contributed by atoms with van der Waals surface area (Å²) in [5, 5.41) is 2.52. The number of nitrogens with one attached hydrogen (secondary N) is 1. The molecule has 102 valence electrons. The van der Waals surface area contributed by atoms with Crippen LogP contribution in [0.4, 0.5) is 14.5 Å². The van der Waals surface area contributed by atoms with Gasteiger partial charge in [-0.3, -0.25) is 0 Å². The molecule has 0 unspecified atom stereocenters. The Labute approximate surface area is 113 Å². The number of rotatable bonds is 1. The Hall–Kier alpha value is -2.28. The second kappa shape index (κ2) is 4.38. The van der Waals surface area contributed by atoms with Gasteiger partial charge in [0.1, 0.15) is 16.5 Å². The zero-order valence-corrected chi connectivity index (χ0v) is 10.8. The average Bonchev–Trinajstić information content (AvgIpc) is 2.66. The van der Waals surface area contributed by atoms with Gasteiger partial charge in [-0.2, -0.15) is 8.42 Å². The highest BCUT2D eigenvalue weighted by atomic mass is 32.2. The lowest BCUT2D eigenvalue weighted by Crippen LogP contribution is -2.12. The molecule has 0 saturated carbocycles.